The number of nitrogens with zero attached hydrogens (tertiary/aromatic N) is 4. The van der Waals surface area contributed by atoms with E-state index in [0.717, 1.165) is 27.9 Å². The minimum atomic E-state index is -0.103. The number of hydrogen-bond acceptors (Lipinski definition) is 6. The van der Waals surface area contributed by atoms with E-state index in [9.17, 15) is 4.79 Å². The molecule has 1 amide bonds. The Bertz CT molecular complexity index is 1210. The first kappa shape index (κ1) is 20.8. The smallest absolute Gasteiger partial charge is 0.261 e. The van der Waals surface area contributed by atoms with Gasteiger partial charge in [-0.15, -0.1) is 11.3 Å². The highest BCUT2D eigenvalue weighted by Crippen LogP contribution is 2.30. The van der Waals surface area contributed by atoms with E-state index in [-0.39, 0.29) is 5.91 Å². The van der Waals surface area contributed by atoms with E-state index in [1.165, 1.54) is 11.3 Å². The zero-order chi connectivity index (χ0) is 21.3. The first-order chi connectivity index (χ1) is 14.4. The summed E-state index contributed by atoms with van der Waals surface area (Å²) in [6.45, 7) is 4.74. The number of aromatic nitrogens is 4. The Kier molecular flexibility index (Phi) is 6.08. The van der Waals surface area contributed by atoms with Gasteiger partial charge in [0.2, 0.25) is 5.89 Å². The molecule has 4 aromatic rings. The Morgan fingerprint density at radius 3 is 2.83 bits per heavy atom. The number of rotatable bonds is 7. The third kappa shape index (κ3) is 4.50. The van der Waals surface area contributed by atoms with Gasteiger partial charge in [-0.25, -0.2) is 0 Å². The number of hydrogen-bond donors (Lipinski definition) is 1. The van der Waals surface area contributed by atoms with Crippen molar-refractivity contribution in [2.45, 2.75) is 33.2 Å². The first-order valence-electron chi connectivity index (χ1n) is 9.39. The molecule has 0 saturated heterocycles. The molecule has 1 aromatic carbocycles. The minimum absolute atomic E-state index is 0.103. The van der Waals surface area contributed by atoms with Crippen molar-refractivity contribution in [3.05, 3.63) is 62.2 Å². The highest BCUT2D eigenvalue weighted by atomic mass is 35.5. The van der Waals surface area contributed by atoms with Crippen LogP contribution in [0.1, 0.15) is 39.1 Å². The molecule has 30 heavy (non-hydrogen) atoms. The fraction of sp³-hybridized carbons (Fsp3) is 0.300. The predicted molar refractivity (Wildman–Crippen MR) is 118 cm³/mol. The molecule has 3 aromatic heterocycles. The topological polar surface area (TPSA) is 85.8 Å². The average Bonchev–Trinajstić information content (AvgIpc) is 3.39. The van der Waals surface area contributed by atoms with Crippen LogP contribution in [0, 0.1) is 13.8 Å². The van der Waals surface area contributed by atoms with Crippen molar-refractivity contribution < 1.29 is 9.32 Å². The fourth-order valence-corrected chi connectivity index (χ4v) is 4.66. The van der Waals surface area contributed by atoms with Crippen LogP contribution in [0.15, 0.2) is 28.8 Å². The maximum absolute atomic E-state index is 12.6. The van der Waals surface area contributed by atoms with E-state index in [0.29, 0.717) is 46.1 Å². The van der Waals surface area contributed by atoms with Gasteiger partial charge in [-0.3, -0.25) is 9.48 Å². The van der Waals surface area contributed by atoms with E-state index in [1.54, 1.807) is 19.1 Å². The van der Waals surface area contributed by atoms with Gasteiger partial charge in [0.1, 0.15) is 4.83 Å². The molecule has 0 unspecified atom stereocenters. The second-order valence-electron chi connectivity index (χ2n) is 6.90. The second-order valence-corrected chi connectivity index (χ2v) is 8.78. The standard InChI is InChI=1S/C20H19Cl2N5O2S/c1-11-15-9-17(19(28)23-7-3-4-18-24-12(2)26-29-18)30-20(15)27(25-11)10-13-5-6-14(21)8-16(13)22/h5-6,8-9H,3-4,7,10H2,1-2H3,(H,23,28). The fourth-order valence-electron chi connectivity index (χ4n) is 3.11. The van der Waals surface area contributed by atoms with Crippen LogP contribution in [0.2, 0.25) is 10.0 Å². The minimum Gasteiger partial charge on any atom is -0.351 e. The molecule has 1 N–H and O–H groups in total. The summed E-state index contributed by atoms with van der Waals surface area (Å²) in [6.07, 6.45) is 1.35. The Morgan fingerprint density at radius 1 is 1.27 bits per heavy atom. The normalized spacial score (nSPS) is 11.3. The number of amides is 1. The predicted octanol–water partition coefficient (Wildman–Crippen LogP) is 4.82. The van der Waals surface area contributed by atoms with Gasteiger partial charge in [-0.2, -0.15) is 10.1 Å². The molecule has 0 spiro atoms. The number of nitrogens with one attached hydrogen (secondary N) is 1. The SMILES string of the molecule is Cc1noc(CCCNC(=O)c2cc3c(C)nn(Cc4ccc(Cl)cc4Cl)c3s2)n1. The molecule has 0 aliphatic carbocycles. The molecule has 4 rings (SSSR count). The molecular formula is C20H19Cl2N5O2S. The van der Waals surface area contributed by atoms with Crippen molar-refractivity contribution in [3.63, 3.8) is 0 Å². The van der Waals surface area contributed by atoms with Crippen molar-refractivity contribution in [1.29, 1.82) is 0 Å². The van der Waals surface area contributed by atoms with E-state index >= 15 is 0 Å². The molecule has 0 saturated carbocycles. The molecule has 0 fully saturated rings. The van der Waals surface area contributed by atoms with Gasteiger partial charge in [-0.1, -0.05) is 34.4 Å². The van der Waals surface area contributed by atoms with Crippen LogP contribution in [-0.4, -0.2) is 32.4 Å². The first-order valence-corrected chi connectivity index (χ1v) is 11.0. The van der Waals surface area contributed by atoms with Crippen molar-refractivity contribution >= 4 is 50.7 Å². The molecule has 0 aliphatic heterocycles. The van der Waals surface area contributed by atoms with Crippen molar-refractivity contribution in [1.82, 2.24) is 25.2 Å². The largest absolute Gasteiger partial charge is 0.351 e. The van der Waals surface area contributed by atoms with Crippen LogP contribution in [-0.2, 0) is 13.0 Å². The van der Waals surface area contributed by atoms with Gasteiger partial charge in [0.25, 0.3) is 5.91 Å². The third-order valence-corrected chi connectivity index (χ3v) is 6.32. The number of benzene rings is 1. The summed E-state index contributed by atoms with van der Waals surface area (Å²) >= 11 is 13.7. The number of fused-ring (bicyclic) bond motifs is 1. The lowest BCUT2D eigenvalue weighted by Gasteiger charge is -2.06. The van der Waals surface area contributed by atoms with E-state index in [2.05, 4.69) is 20.6 Å². The number of aryl methyl sites for hydroxylation is 3. The van der Waals surface area contributed by atoms with E-state index in [1.807, 2.05) is 23.7 Å². The lowest BCUT2D eigenvalue weighted by molar-refractivity contribution is 0.0957. The van der Waals surface area contributed by atoms with Gasteiger partial charge < -0.3 is 9.84 Å². The summed E-state index contributed by atoms with van der Waals surface area (Å²) in [7, 11) is 0. The average molecular weight is 464 g/mol. The Labute approximate surface area is 187 Å². The molecule has 0 atom stereocenters. The van der Waals surface area contributed by atoms with Gasteiger partial charge in [0.05, 0.1) is 17.1 Å². The molecule has 0 bridgehead atoms. The lowest BCUT2D eigenvalue weighted by atomic mass is 10.2. The summed E-state index contributed by atoms with van der Waals surface area (Å²) in [5.41, 5.74) is 1.79. The molecule has 0 radical (unpaired) electrons. The Morgan fingerprint density at radius 2 is 2.10 bits per heavy atom. The Hall–Kier alpha value is -2.42. The number of carbonyl (C=O) groups is 1. The Balaban J connectivity index is 1.43. The van der Waals surface area contributed by atoms with Crippen molar-refractivity contribution in [2.24, 2.45) is 0 Å². The molecule has 10 heteroatoms. The van der Waals surface area contributed by atoms with Crippen LogP contribution in [0.4, 0.5) is 0 Å². The van der Waals surface area contributed by atoms with E-state index < -0.39 is 0 Å². The maximum atomic E-state index is 12.6. The van der Waals surface area contributed by atoms with Crippen molar-refractivity contribution in [2.75, 3.05) is 6.54 Å². The number of carbonyl (C=O) groups excluding carboxylic acids is 1. The van der Waals surface area contributed by atoms with Crippen molar-refractivity contribution in [3.8, 4) is 0 Å². The third-order valence-electron chi connectivity index (χ3n) is 4.59. The van der Waals surface area contributed by atoms with Gasteiger partial charge in [0.15, 0.2) is 5.82 Å². The zero-order valence-electron chi connectivity index (χ0n) is 16.4. The molecule has 3 heterocycles. The van der Waals surface area contributed by atoms with Crippen LogP contribution < -0.4 is 5.32 Å². The van der Waals surface area contributed by atoms with Crippen LogP contribution in [0.25, 0.3) is 10.2 Å². The van der Waals surface area contributed by atoms with E-state index in [4.69, 9.17) is 27.7 Å². The quantitative estimate of drug-likeness (QED) is 0.397. The monoisotopic (exact) mass is 463 g/mol. The number of thiophene rings is 1. The molecule has 7 nitrogen and oxygen atoms in total. The summed E-state index contributed by atoms with van der Waals surface area (Å²) in [5, 5.41) is 13.5. The number of halogens is 2. The molecule has 156 valence electrons. The van der Waals surface area contributed by atoms with Gasteiger partial charge in [0, 0.05) is 28.4 Å². The summed E-state index contributed by atoms with van der Waals surface area (Å²) in [6, 6.07) is 7.30. The highest BCUT2D eigenvalue weighted by Gasteiger charge is 2.17. The zero-order valence-corrected chi connectivity index (χ0v) is 18.7. The molecular weight excluding hydrogens is 445 g/mol. The lowest BCUT2D eigenvalue weighted by Crippen LogP contribution is -2.23. The molecule has 0 aliphatic rings. The van der Waals surface area contributed by atoms with Crippen LogP contribution in [0.5, 0.6) is 0 Å². The highest BCUT2D eigenvalue weighted by molar-refractivity contribution is 7.20. The summed E-state index contributed by atoms with van der Waals surface area (Å²) in [4.78, 5) is 18.3. The van der Waals surface area contributed by atoms with Gasteiger partial charge >= 0.3 is 0 Å². The summed E-state index contributed by atoms with van der Waals surface area (Å²) in [5.74, 6) is 1.09. The summed E-state index contributed by atoms with van der Waals surface area (Å²) < 4.78 is 6.95. The van der Waals surface area contributed by atoms with Crippen LogP contribution >= 0.6 is 34.5 Å². The van der Waals surface area contributed by atoms with Gasteiger partial charge in [-0.05, 0) is 44.0 Å². The van der Waals surface area contributed by atoms with Crippen LogP contribution in [0.3, 0.4) is 0 Å². The maximum Gasteiger partial charge on any atom is 0.261 e. The second kappa shape index (κ2) is 8.75.